The number of nitrogens with one attached hydrogen (secondary N) is 1. The third-order valence-electron chi connectivity index (χ3n) is 8.12. The number of carboxylic acids is 1. The Morgan fingerprint density at radius 2 is 0.905 bits per heavy atom. The van der Waals surface area contributed by atoms with Crippen LogP contribution in [0.5, 0.6) is 0 Å². The molecule has 1 atom stereocenters. The molecule has 0 spiro atoms. The van der Waals surface area contributed by atoms with Gasteiger partial charge < -0.3 is 15.2 Å². The Bertz CT molecular complexity index is 649. The van der Waals surface area contributed by atoms with Crippen molar-refractivity contribution >= 4 is 17.8 Å². The van der Waals surface area contributed by atoms with Crippen LogP contribution in [0, 0.1) is 11.8 Å². The number of unbranched alkanes of at least 4 members (excludes halogenated alkanes) is 18. The van der Waals surface area contributed by atoms with E-state index in [0.29, 0.717) is 12.8 Å². The summed E-state index contributed by atoms with van der Waals surface area (Å²) < 4.78 is 5.69. The number of esters is 1. The van der Waals surface area contributed by atoms with E-state index in [1.807, 2.05) is 0 Å². The first-order chi connectivity index (χ1) is 20.2. The van der Waals surface area contributed by atoms with Crippen LogP contribution in [-0.2, 0) is 19.1 Å². The lowest BCUT2D eigenvalue weighted by molar-refractivity contribution is -0.151. The van der Waals surface area contributed by atoms with Crippen LogP contribution < -0.4 is 5.32 Å². The van der Waals surface area contributed by atoms with Crippen LogP contribution in [0.1, 0.15) is 188 Å². The quantitative estimate of drug-likeness (QED) is 0.0614. The molecule has 0 aliphatic heterocycles. The van der Waals surface area contributed by atoms with Gasteiger partial charge in [0.25, 0.3) is 0 Å². The zero-order valence-corrected chi connectivity index (χ0v) is 28.2. The van der Waals surface area contributed by atoms with E-state index in [1.165, 1.54) is 103 Å². The van der Waals surface area contributed by atoms with E-state index >= 15 is 0 Å². The van der Waals surface area contributed by atoms with Crippen LogP contribution in [0.3, 0.4) is 0 Å². The summed E-state index contributed by atoms with van der Waals surface area (Å²) in [5, 5.41) is 11.2. The minimum Gasteiger partial charge on any atom is -0.480 e. The minimum atomic E-state index is -1.08. The van der Waals surface area contributed by atoms with Crippen molar-refractivity contribution in [2.45, 2.75) is 194 Å². The Hall–Kier alpha value is -1.59. The highest BCUT2D eigenvalue weighted by Crippen LogP contribution is 2.17. The van der Waals surface area contributed by atoms with Gasteiger partial charge in [-0.15, -0.1) is 0 Å². The molecule has 0 aliphatic carbocycles. The summed E-state index contributed by atoms with van der Waals surface area (Å²) in [4.78, 5) is 35.5. The topological polar surface area (TPSA) is 92.7 Å². The Morgan fingerprint density at radius 1 is 0.548 bits per heavy atom. The van der Waals surface area contributed by atoms with E-state index in [0.717, 1.165) is 50.4 Å². The van der Waals surface area contributed by atoms with Crippen LogP contribution in [0.2, 0.25) is 0 Å². The van der Waals surface area contributed by atoms with Crippen LogP contribution in [0.4, 0.5) is 0 Å². The summed E-state index contributed by atoms with van der Waals surface area (Å²) in [5.41, 5.74) is 0. The molecule has 0 aromatic heterocycles. The predicted octanol–water partition coefficient (Wildman–Crippen LogP) is 10.2. The fraction of sp³-hybridized carbons (Fsp3) is 0.917. The first kappa shape index (κ1) is 40.4. The second kappa shape index (κ2) is 29.5. The molecule has 248 valence electrons. The number of amides is 1. The molecule has 0 aromatic carbocycles. The second-order valence-corrected chi connectivity index (χ2v) is 13.5. The Labute approximate surface area is 259 Å². The zero-order chi connectivity index (χ0) is 31.3. The zero-order valence-electron chi connectivity index (χ0n) is 28.2. The highest BCUT2D eigenvalue weighted by molar-refractivity contribution is 5.81. The molecule has 0 heterocycles. The number of hydrogen-bond donors (Lipinski definition) is 2. The molecule has 42 heavy (non-hydrogen) atoms. The van der Waals surface area contributed by atoms with Crippen LogP contribution >= 0.6 is 0 Å². The van der Waals surface area contributed by atoms with Crippen molar-refractivity contribution in [1.29, 1.82) is 0 Å². The number of ether oxygens (including phenoxy) is 1. The molecule has 0 bridgehead atoms. The maximum atomic E-state index is 12.5. The fourth-order valence-corrected chi connectivity index (χ4v) is 5.48. The molecular formula is C36H69NO5. The number of carbonyl (C=O) groups excluding carboxylic acids is 2. The van der Waals surface area contributed by atoms with Gasteiger partial charge >= 0.3 is 11.9 Å². The van der Waals surface area contributed by atoms with Crippen molar-refractivity contribution in [1.82, 2.24) is 5.32 Å². The summed E-state index contributed by atoms with van der Waals surface area (Å²) in [6.07, 6.45) is 27.9. The van der Waals surface area contributed by atoms with Gasteiger partial charge in [0.15, 0.2) is 0 Å². The highest BCUT2D eigenvalue weighted by atomic mass is 16.5. The van der Waals surface area contributed by atoms with Gasteiger partial charge in [-0.3, -0.25) is 14.4 Å². The molecule has 0 saturated heterocycles. The molecule has 0 fully saturated rings. The van der Waals surface area contributed by atoms with Gasteiger partial charge in [-0.1, -0.05) is 156 Å². The maximum absolute atomic E-state index is 12.5. The van der Waals surface area contributed by atoms with Gasteiger partial charge in [-0.05, 0) is 31.1 Å². The number of hydrogen-bond acceptors (Lipinski definition) is 4. The van der Waals surface area contributed by atoms with E-state index in [1.54, 1.807) is 0 Å². The van der Waals surface area contributed by atoms with Crippen molar-refractivity contribution in [3.8, 4) is 0 Å². The molecule has 6 heteroatoms. The van der Waals surface area contributed by atoms with E-state index in [4.69, 9.17) is 9.84 Å². The monoisotopic (exact) mass is 596 g/mol. The SMILES string of the molecule is CC(C)CCCCCCCCCCCCCC(=O)O[C@H](CCCCCCCCCCCC(C)C)CC(=O)NCC(=O)O. The third-order valence-corrected chi connectivity index (χ3v) is 8.12. The van der Waals surface area contributed by atoms with E-state index < -0.39 is 18.6 Å². The van der Waals surface area contributed by atoms with Crippen molar-refractivity contribution in [2.75, 3.05) is 6.54 Å². The fourth-order valence-electron chi connectivity index (χ4n) is 5.48. The minimum absolute atomic E-state index is 0.0348. The summed E-state index contributed by atoms with van der Waals surface area (Å²) in [5.74, 6) is -0.0491. The molecule has 0 rings (SSSR count). The molecule has 0 radical (unpaired) electrons. The van der Waals surface area contributed by atoms with Gasteiger partial charge in [0.05, 0.1) is 6.42 Å². The van der Waals surface area contributed by atoms with E-state index in [2.05, 4.69) is 33.0 Å². The van der Waals surface area contributed by atoms with Crippen molar-refractivity contribution in [3.05, 3.63) is 0 Å². The van der Waals surface area contributed by atoms with Crippen molar-refractivity contribution < 1.29 is 24.2 Å². The smallest absolute Gasteiger partial charge is 0.322 e. The van der Waals surface area contributed by atoms with Gasteiger partial charge in [0, 0.05) is 6.42 Å². The molecular weight excluding hydrogens is 526 g/mol. The Kier molecular flexibility index (Phi) is 28.4. The van der Waals surface area contributed by atoms with Crippen LogP contribution in [0.25, 0.3) is 0 Å². The van der Waals surface area contributed by atoms with Gasteiger partial charge in [-0.2, -0.15) is 0 Å². The molecule has 0 aliphatic rings. The highest BCUT2D eigenvalue weighted by Gasteiger charge is 2.18. The largest absolute Gasteiger partial charge is 0.480 e. The molecule has 1 amide bonds. The third kappa shape index (κ3) is 31.3. The lowest BCUT2D eigenvalue weighted by Crippen LogP contribution is -2.33. The van der Waals surface area contributed by atoms with Crippen LogP contribution in [0.15, 0.2) is 0 Å². The van der Waals surface area contributed by atoms with Gasteiger partial charge in [-0.25, -0.2) is 0 Å². The lowest BCUT2D eigenvalue weighted by atomic mass is 10.0. The maximum Gasteiger partial charge on any atom is 0.322 e. The Morgan fingerprint density at radius 3 is 1.29 bits per heavy atom. The van der Waals surface area contributed by atoms with E-state index in [9.17, 15) is 14.4 Å². The first-order valence-corrected chi connectivity index (χ1v) is 17.9. The molecule has 2 N–H and O–H groups in total. The van der Waals surface area contributed by atoms with Crippen molar-refractivity contribution in [2.24, 2.45) is 11.8 Å². The predicted molar refractivity (Wildman–Crippen MR) is 176 cm³/mol. The van der Waals surface area contributed by atoms with Crippen LogP contribution in [-0.4, -0.2) is 35.6 Å². The van der Waals surface area contributed by atoms with Crippen molar-refractivity contribution in [3.63, 3.8) is 0 Å². The summed E-state index contributed by atoms with van der Waals surface area (Å²) >= 11 is 0. The molecule has 0 unspecified atom stereocenters. The number of carboxylic acid groups (broad SMARTS) is 1. The van der Waals surface area contributed by atoms with Gasteiger partial charge in [0.1, 0.15) is 12.6 Å². The standard InChI is InChI=1S/C36H69NO5/c1-31(2)25-21-17-13-9-6-5-7-12-16-20-24-28-36(41)42-33(29-34(38)37-30-35(39)40)27-23-19-15-11-8-10-14-18-22-26-32(3)4/h31-33H,5-30H2,1-4H3,(H,37,38)(H,39,40)/t33-/m1/s1. The Balaban J connectivity index is 4.02. The average molecular weight is 596 g/mol. The average Bonchev–Trinajstić information content (AvgIpc) is 2.92. The normalized spacial score (nSPS) is 12.1. The summed E-state index contributed by atoms with van der Waals surface area (Å²) in [7, 11) is 0. The van der Waals surface area contributed by atoms with Gasteiger partial charge in [0.2, 0.25) is 5.91 Å². The molecule has 6 nitrogen and oxygen atoms in total. The number of aliphatic carboxylic acids is 1. The summed E-state index contributed by atoms with van der Waals surface area (Å²) in [6, 6.07) is 0. The summed E-state index contributed by atoms with van der Waals surface area (Å²) in [6.45, 7) is 8.76. The lowest BCUT2D eigenvalue weighted by Gasteiger charge is -2.18. The molecule has 0 saturated carbocycles. The van der Waals surface area contributed by atoms with E-state index in [-0.39, 0.29) is 18.3 Å². The first-order valence-electron chi connectivity index (χ1n) is 17.9. The number of rotatable bonds is 31. The number of carbonyl (C=O) groups is 3. The molecule has 0 aromatic rings. The second-order valence-electron chi connectivity index (χ2n) is 13.5.